The fraction of sp³-hybridized carbons (Fsp3) is 0.0500. The quantitative estimate of drug-likeness (QED) is 0.313. The third-order valence-electron chi connectivity index (χ3n) is 3.68. The Bertz CT molecular complexity index is 959. The summed E-state index contributed by atoms with van der Waals surface area (Å²) >= 11 is 3.45. The Kier molecular flexibility index (Phi) is 6.17. The van der Waals surface area contributed by atoms with E-state index in [2.05, 4.69) is 26.5 Å². The van der Waals surface area contributed by atoms with E-state index >= 15 is 0 Å². The number of nitro benzene ring substituents is 1. The maximum absolute atomic E-state index is 10.7. The van der Waals surface area contributed by atoms with E-state index in [1.807, 2.05) is 48.5 Å². The fourth-order valence-electron chi connectivity index (χ4n) is 2.34. The van der Waals surface area contributed by atoms with E-state index < -0.39 is 4.92 Å². The summed E-state index contributed by atoms with van der Waals surface area (Å²) in [4.78, 5) is 10.2. The highest BCUT2D eigenvalue weighted by atomic mass is 79.9. The first-order chi connectivity index (χ1) is 13.1. The second kappa shape index (κ2) is 8.95. The average molecular weight is 426 g/mol. The number of non-ortho nitro benzene ring substituents is 1. The Morgan fingerprint density at radius 1 is 1.07 bits per heavy atom. The molecule has 0 saturated carbocycles. The van der Waals surface area contributed by atoms with Crippen LogP contribution in [0.3, 0.4) is 0 Å². The highest BCUT2D eigenvalue weighted by molar-refractivity contribution is 9.10. The molecule has 0 bridgehead atoms. The van der Waals surface area contributed by atoms with Gasteiger partial charge in [-0.1, -0.05) is 40.2 Å². The topological polar surface area (TPSA) is 76.8 Å². The molecule has 0 saturated heterocycles. The van der Waals surface area contributed by atoms with Gasteiger partial charge in [0, 0.05) is 22.2 Å². The van der Waals surface area contributed by atoms with Crippen molar-refractivity contribution in [3.05, 3.63) is 98.5 Å². The lowest BCUT2D eigenvalue weighted by Crippen LogP contribution is -1.99. The summed E-state index contributed by atoms with van der Waals surface area (Å²) in [5.41, 5.74) is 5.42. The molecule has 1 N–H and O–H groups in total. The molecule has 136 valence electrons. The third-order valence-corrected chi connectivity index (χ3v) is 4.17. The number of nitrogens with zero attached hydrogens (tertiary/aromatic N) is 2. The summed E-state index contributed by atoms with van der Waals surface area (Å²) in [5, 5.41) is 14.9. The van der Waals surface area contributed by atoms with Crippen molar-refractivity contribution in [3.63, 3.8) is 0 Å². The molecule has 0 unspecified atom stereocenters. The van der Waals surface area contributed by atoms with Gasteiger partial charge in [0.05, 0.1) is 16.8 Å². The molecular formula is C20H16BrN3O3. The molecule has 0 aliphatic rings. The van der Waals surface area contributed by atoms with Crippen LogP contribution < -0.4 is 10.2 Å². The summed E-state index contributed by atoms with van der Waals surface area (Å²) in [5.74, 6) is 0.715. The number of anilines is 1. The van der Waals surface area contributed by atoms with Crippen LogP contribution in [0.4, 0.5) is 11.4 Å². The Labute approximate surface area is 164 Å². The number of hydrogen-bond acceptors (Lipinski definition) is 5. The number of hydrazone groups is 1. The zero-order valence-electron chi connectivity index (χ0n) is 14.2. The number of para-hydroxylation sites is 1. The van der Waals surface area contributed by atoms with Gasteiger partial charge in [-0.3, -0.25) is 15.5 Å². The number of benzene rings is 3. The smallest absolute Gasteiger partial charge is 0.269 e. The van der Waals surface area contributed by atoms with Crippen molar-refractivity contribution in [2.24, 2.45) is 5.10 Å². The number of hydrogen-bond donors (Lipinski definition) is 1. The van der Waals surface area contributed by atoms with Crippen molar-refractivity contribution >= 4 is 33.5 Å². The number of halogens is 1. The van der Waals surface area contributed by atoms with Gasteiger partial charge in [-0.05, 0) is 42.0 Å². The maximum Gasteiger partial charge on any atom is 0.269 e. The van der Waals surface area contributed by atoms with Crippen LogP contribution in [-0.2, 0) is 6.61 Å². The Hall–Kier alpha value is -3.19. The van der Waals surface area contributed by atoms with Crippen LogP contribution in [0.25, 0.3) is 0 Å². The Morgan fingerprint density at radius 2 is 1.85 bits per heavy atom. The first-order valence-electron chi connectivity index (χ1n) is 8.11. The van der Waals surface area contributed by atoms with Gasteiger partial charge in [0.15, 0.2) is 0 Å². The monoisotopic (exact) mass is 425 g/mol. The van der Waals surface area contributed by atoms with E-state index in [0.29, 0.717) is 18.0 Å². The van der Waals surface area contributed by atoms with Gasteiger partial charge in [-0.15, -0.1) is 0 Å². The predicted molar refractivity (Wildman–Crippen MR) is 109 cm³/mol. The van der Waals surface area contributed by atoms with Crippen molar-refractivity contribution in [3.8, 4) is 5.75 Å². The van der Waals surface area contributed by atoms with E-state index in [4.69, 9.17) is 4.74 Å². The van der Waals surface area contributed by atoms with Gasteiger partial charge >= 0.3 is 0 Å². The van der Waals surface area contributed by atoms with Crippen molar-refractivity contribution in [1.29, 1.82) is 0 Å². The minimum absolute atomic E-state index is 0.0378. The molecular weight excluding hydrogens is 410 g/mol. The standard InChI is InChI=1S/C20H16BrN3O3/c21-17-6-3-4-15(12-17)14-27-20-7-2-1-5-16(20)13-22-23-18-8-10-19(11-9-18)24(25)26/h1-13,23H,14H2. The number of nitrogens with one attached hydrogen (secondary N) is 1. The van der Waals surface area contributed by atoms with Crippen LogP contribution in [0.15, 0.2) is 82.4 Å². The molecule has 0 spiro atoms. The predicted octanol–water partition coefficient (Wildman–Crippen LogP) is 5.38. The van der Waals surface area contributed by atoms with Gasteiger partial charge in [0.25, 0.3) is 5.69 Å². The minimum atomic E-state index is -0.439. The molecule has 3 rings (SSSR count). The molecule has 6 nitrogen and oxygen atoms in total. The van der Waals surface area contributed by atoms with Gasteiger partial charge in [0.2, 0.25) is 0 Å². The van der Waals surface area contributed by atoms with Crippen LogP contribution in [-0.4, -0.2) is 11.1 Å². The maximum atomic E-state index is 10.7. The fourth-order valence-corrected chi connectivity index (χ4v) is 2.79. The molecule has 3 aromatic carbocycles. The van der Waals surface area contributed by atoms with Gasteiger partial charge < -0.3 is 4.74 Å². The molecule has 7 heteroatoms. The second-order valence-corrected chi connectivity index (χ2v) is 6.55. The van der Waals surface area contributed by atoms with Crippen molar-refractivity contribution in [2.75, 3.05) is 5.43 Å². The molecule has 0 radical (unpaired) electrons. The number of ether oxygens (including phenoxy) is 1. The van der Waals surface area contributed by atoms with Crippen molar-refractivity contribution < 1.29 is 9.66 Å². The number of nitro groups is 1. The highest BCUT2D eigenvalue weighted by Crippen LogP contribution is 2.20. The summed E-state index contributed by atoms with van der Waals surface area (Å²) < 4.78 is 6.91. The summed E-state index contributed by atoms with van der Waals surface area (Å²) in [6.45, 7) is 0.445. The molecule has 0 aromatic heterocycles. The van der Waals surface area contributed by atoms with Crippen LogP contribution in [0.5, 0.6) is 5.75 Å². The average Bonchev–Trinajstić information content (AvgIpc) is 2.68. The zero-order valence-corrected chi connectivity index (χ0v) is 15.8. The second-order valence-electron chi connectivity index (χ2n) is 5.63. The van der Waals surface area contributed by atoms with E-state index in [0.717, 1.165) is 15.6 Å². The molecule has 0 atom stereocenters. The molecule has 0 amide bonds. The van der Waals surface area contributed by atoms with Gasteiger partial charge in [-0.25, -0.2) is 0 Å². The summed E-state index contributed by atoms with van der Waals surface area (Å²) in [7, 11) is 0. The molecule has 3 aromatic rings. The third kappa shape index (κ3) is 5.39. The van der Waals surface area contributed by atoms with Crippen LogP contribution in [0.1, 0.15) is 11.1 Å². The first-order valence-corrected chi connectivity index (χ1v) is 8.91. The molecule has 27 heavy (non-hydrogen) atoms. The lowest BCUT2D eigenvalue weighted by molar-refractivity contribution is -0.384. The Morgan fingerprint density at radius 3 is 2.59 bits per heavy atom. The van der Waals surface area contributed by atoms with E-state index in [1.165, 1.54) is 12.1 Å². The highest BCUT2D eigenvalue weighted by Gasteiger charge is 2.04. The van der Waals surface area contributed by atoms with E-state index in [-0.39, 0.29) is 5.69 Å². The number of rotatable bonds is 7. The van der Waals surface area contributed by atoms with Crippen LogP contribution >= 0.6 is 15.9 Å². The normalized spacial score (nSPS) is 10.7. The van der Waals surface area contributed by atoms with Gasteiger partial charge in [0.1, 0.15) is 12.4 Å². The summed E-state index contributed by atoms with van der Waals surface area (Å²) in [6, 6.07) is 21.6. The van der Waals surface area contributed by atoms with Gasteiger partial charge in [-0.2, -0.15) is 5.10 Å². The first kappa shape index (κ1) is 18.6. The minimum Gasteiger partial charge on any atom is -0.488 e. The zero-order chi connectivity index (χ0) is 19.1. The largest absolute Gasteiger partial charge is 0.488 e. The molecule has 0 aliphatic carbocycles. The molecule has 0 fully saturated rings. The summed E-state index contributed by atoms with van der Waals surface area (Å²) in [6.07, 6.45) is 1.65. The lowest BCUT2D eigenvalue weighted by Gasteiger charge is -2.09. The van der Waals surface area contributed by atoms with Crippen LogP contribution in [0, 0.1) is 10.1 Å². The SMILES string of the molecule is O=[N+]([O-])c1ccc(NN=Cc2ccccc2OCc2cccc(Br)c2)cc1. The Balaban J connectivity index is 1.64. The van der Waals surface area contributed by atoms with Crippen molar-refractivity contribution in [2.45, 2.75) is 6.61 Å². The lowest BCUT2D eigenvalue weighted by atomic mass is 10.2. The van der Waals surface area contributed by atoms with Crippen molar-refractivity contribution in [1.82, 2.24) is 0 Å². The van der Waals surface area contributed by atoms with Crippen LogP contribution in [0.2, 0.25) is 0 Å². The molecule has 0 heterocycles. The molecule has 0 aliphatic heterocycles. The van der Waals surface area contributed by atoms with E-state index in [1.54, 1.807) is 18.3 Å². The van der Waals surface area contributed by atoms with E-state index in [9.17, 15) is 10.1 Å².